The van der Waals surface area contributed by atoms with Crippen molar-refractivity contribution in [2.75, 3.05) is 26.2 Å². The van der Waals surface area contributed by atoms with Gasteiger partial charge in [-0.3, -0.25) is 14.4 Å². The van der Waals surface area contributed by atoms with Gasteiger partial charge in [0.05, 0.1) is 0 Å². The van der Waals surface area contributed by atoms with E-state index in [9.17, 15) is 4.79 Å². The molecule has 2 aromatic heterocycles. The highest BCUT2D eigenvalue weighted by atomic mass is 32.1. The Morgan fingerprint density at radius 2 is 2.17 bits per heavy atom. The molecule has 0 saturated carbocycles. The van der Waals surface area contributed by atoms with E-state index in [-0.39, 0.29) is 11.9 Å². The molecule has 1 aliphatic heterocycles. The van der Waals surface area contributed by atoms with Crippen LogP contribution in [-0.2, 0) is 11.3 Å². The van der Waals surface area contributed by atoms with Gasteiger partial charge in [0, 0.05) is 54.9 Å². The highest BCUT2D eigenvalue weighted by molar-refractivity contribution is 7.11. The molecule has 5 nitrogen and oxygen atoms in total. The van der Waals surface area contributed by atoms with Gasteiger partial charge in [-0.2, -0.15) is 5.10 Å². The monoisotopic (exact) mass is 346 g/mol. The van der Waals surface area contributed by atoms with Crippen LogP contribution in [0, 0.1) is 6.92 Å². The lowest BCUT2D eigenvalue weighted by Crippen LogP contribution is -2.39. The largest absolute Gasteiger partial charge is 0.340 e. The molecule has 3 rings (SSSR count). The summed E-state index contributed by atoms with van der Waals surface area (Å²) in [7, 11) is 0. The molecule has 0 aromatic carbocycles. The number of carbonyl (C=O) groups is 1. The molecule has 0 aliphatic carbocycles. The molecule has 24 heavy (non-hydrogen) atoms. The first kappa shape index (κ1) is 17.2. The second-order valence-corrected chi connectivity index (χ2v) is 7.75. The lowest BCUT2D eigenvalue weighted by atomic mass is 10.2. The summed E-state index contributed by atoms with van der Waals surface area (Å²) in [6.45, 7) is 8.84. The van der Waals surface area contributed by atoms with E-state index in [2.05, 4.69) is 29.1 Å². The van der Waals surface area contributed by atoms with Gasteiger partial charge in [0.15, 0.2) is 0 Å². The van der Waals surface area contributed by atoms with Crippen molar-refractivity contribution in [2.45, 2.75) is 39.3 Å². The molecule has 1 fully saturated rings. The van der Waals surface area contributed by atoms with E-state index in [0.29, 0.717) is 0 Å². The number of nitrogens with zero attached hydrogens (tertiary/aromatic N) is 4. The molecule has 1 saturated heterocycles. The summed E-state index contributed by atoms with van der Waals surface area (Å²) in [5, 5.41) is 4.26. The predicted molar refractivity (Wildman–Crippen MR) is 97.1 cm³/mol. The van der Waals surface area contributed by atoms with Crippen molar-refractivity contribution < 1.29 is 4.79 Å². The van der Waals surface area contributed by atoms with Crippen LogP contribution in [0.4, 0.5) is 0 Å². The smallest absolute Gasteiger partial charge is 0.247 e. The van der Waals surface area contributed by atoms with Gasteiger partial charge in [0.25, 0.3) is 0 Å². The molecule has 1 unspecified atom stereocenters. The van der Waals surface area contributed by atoms with Gasteiger partial charge in [-0.15, -0.1) is 11.3 Å². The van der Waals surface area contributed by atoms with Crippen LogP contribution in [0.5, 0.6) is 0 Å². The van der Waals surface area contributed by atoms with E-state index < -0.39 is 0 Å². The second-order valence-electron chi connectivity index (χ2n) is 6.38. The van der Waals surface area contributed by atoms with Crippen molar-refractivity contribution in [1.29, 1.82) is 0 Å². The summed E-state index contributed by atoms with van der Waals surface area (Å²) in [4.78, 5) is 20.2. The van der Waals surface area contributed by atoms with E-state index >= 15 is 0 Å². The minimum Gasteiger partial charge on any atom is -0.340 e. The Kier molecular flexibility index (Phi) is 5.68. The van der Waals surface area contributed by atoms with Crippen LogP contribution in [0.1, 0.15) is 35.6 Å². The Morgan fingerprint density at radius 1 is 1.29 bits per heavy atom. The molecule has 6 heteroatoms. The van der Waals surface area contributed by atoms with Crippen LogP contribution in [0.15, 0.2) is 30.6 Å². The number of hydrogen-bond acceptors (Lipinski definition) is 4. The fourth-order valence-corrected chi connectivity index (χ4v) is 4.22. The molecule has 3 heterocycles. The second kappa shape index (κ2) is 7.94. The highest BCUT2D eigenvalue weighted by Gasteiger charge is 2.26. The molecular weight excluding hydrogens is 320 g/mol. The van der Waals surface area contributed by atoms with E-state index in [0.717, 1.165) is 45.6 Å². The molecule has 0 radical (unpaired) electrons. The maximum absolute atomic E-state index is 12.9. The average molecular weight is 347 g/mol. The number of rotatable bonds is 5. The number of aromatic nitrogens is 2. The van der Waals surface area contributed by atoms with Crippen LogP contribution in [0.25, 0.3) is 0 Å². The molecule has 0 bridgehead atoms. The zero-order chi connectivity index (χ0) is 16.9. The first-order valence-corrected chi connectivity index (χ1v) is 9.54. The summed E-state index contributed by atoms with van der Waals surface area (Å²) in [6.07, 6.45) is 5.43. The van der Waals surface area contributed by atoms with Gasteiger partial charge in [0.2, 0.25) is 5.91 Å². The Morgan fingerprint density at radius 3 is 2.83 bits per heavy atom. The summed E-state index contributed by atoms with van der Waals surface area (Å²) in [5.41, 5.74) is 0. The highest BCUT2D eigenvalue weighted by Crippen LogP contribution is 2.19. The topological polar surface area (TPSA) is 41.4 Å². The fraction of sp³-hybridized carbons (Fsp3) is 0.556. The van der Waals surface area contributed by atoms with E-state index in [1.165, 1.54) is 9.75 Å². The van der Waals surface area contributed by atoms with Crippen molar-refractivity contribution in [3.05, 3.63) is 40.3 Å². The van der Waals surface area contributed by atoms with Crippen molar-refractivity contribution in [2.24, 2.45) is 0 Å². The first-order chi connectivity index (χ1) is 11.7. The zero-order valence-corrected chi connectivity index (χ0v) is 15.3. The van der Waals surface area contributed by atoms with Gasteiger partial charge >= 0.3 is 0 Å². The van der Waals surface area contributed by atoms with Crippen LogP contribution in [-0.4, -0.2) is 51.7 Å². The predicted octanol–water partition coefficient (Wildman–Crippen LogP) is 2.94. The van der Waals surface area contributed by atoms with Gasteiger partial charge in [0.1, 0.15) is 6.04 Å². The maximum Gasteiger partial charge on any atom is 0.247 e. The molecule has 1 amide bonds. The third-order valence-corrected chi connectivity index (χ3v) is 5.58. The normalized spacial score (nSPS) is 17.7. The number of amides is 1. The Balaban J connectivity index is 1.59. The van der Waals surface area contributed by atoms with E-state index in [4.69, 9.17) is 0 Å². The molecule has 0 spiro atoms. The van der Waals surface area contributed by atoms with Crippen LogP contribution in [0.3, 0.4) is 0 Å². The van der Waals surface area contributed by atoms with Crippen LogP contribution < -0.4 is 0 Å². The van der Waals surface area contributed by atoms with Crippen molar-refractivity contribution in [1.82, 2.24) is 19.6 Å². The SMILES string of the molecule is CCC(C(=O)N1CCCN(Cc2ccc(C)s2)CC1)n1cccn1. The van der Waals surface area contributed by atoms with Gasteiger partial charge < -0.3 is 4.90 Å². The number of thiophene rings is 1. The lowest BCUT2D eigenvalue weighted by Gasteiger charge is -2.26. The first-order valence-electron chi connectivity index (χ1n) is 8.73. The zero-order valence-electron chi connectivity index (χ0n) is 14.5. The third kappa shape index (κ3) is 4.05. The molecule has 1 atom stereocenters. The Labute approximate surface area is 147 Å². The molecule has 130 valence electrons. The average Bonchev–Trinajstić information content (AvgIpc) is 3.17. The summed E-state index contributed by atoms with van der Waals surface area (Å²) in [5.74, 6) is 0.204. The van der Waals surface area contributed by atoms with E-state index in [1.54, 1.807) is 10.9 Å². The van der Waals surface area contributed by atoms with Crippen LogP contribution in [0.2, 0.25) is 0 Å². The Bertz CT molecular complexity index is 652. The quantitative estimate of drug-likeness (QED) is 0.836. The van der Waals surface area contributed by atoms with Crippen LogP contribution >= 0.6 is 11.3 Å². The van der Waals surface area contributed by atoms with Gasteiger partial charge in [-0.1, -0.05) is 6.92 Å². The minimum absolute atomic E-state index is 0.175. The van der Waals surface area contributed by atoms with E-state index in [1.807, 2.05) is 35.4 Å². The van der Waals surface area contributed by atoms with Crippen molar-refractivity contribution in [3.8, 4) is 0 Å². The minimum atomic E-state index is -0.175. The summed E-state index contributed by atoms with van der Waals surface area (Å²) in [6, 6.07) is 6.11. The third-order valence-electron chi connectivity index (χ3n) is 4.59. The molecule has 2 aromatic rings. The van der Waals surface area contributed by atoms with Gasteiger partial charge in [-0.05, 0) is 38.0 Å². The van der Waals surface area contributed by atoms with Crippen molar-refractivity contribution >= 4 is 17.2 Å². The summed E-state index contributed by atoms with van der Waals surface area (Å²) >= 11 is 1.87. The fourth-order valence-electron chi connectivity index (χ4n) is 3.29. The van der Waals surface area contributed by atoms with Gasteiger partial charge in [-0.25, -0.2) is 0 Å². The lowest BCUT2D eigenvalue weighted by molar-refractivity contribution is -0.135. The molecule has 1 aliphatic rings. The number of hydrogen-bond donors (Lipinski definition) is 0. The van der Waals surface area contributed by atoms with Crippen molar-refractivity contribution in [3.63, 3.8) is 0 Å². The standard InChI is InChI=1S/C18H26N4OS/c1-3-17(22-11-4-8-19-22)18(23)21-10-5-9-20(12-13-21)14-16-7-6-15(2)24-16/h4,6-8,11,17H,3,5,9-10,12-14H2,1-2H3. The molecule has 0 N–H and O–H groups in total. The number of carbonyl (C=O) groups excluding carboxylic acids is 1. The molecular formula is C18H26N4OS. The summed E-state index contributed by atoms with van der Waals surface area (Å²) < 4.78 is 1.79. The number of aryl methyl sites for hydroxylation is 1. The Hall–Kier alpha value is -1.66. The maximum atomic E-state index is 12.9.